The highest BCUT2D eigenvalue weighted by Crippen LogP contribution is 2.37. The van der Waals surface area contributed by atoms with E-state index < -0.39 is 0 Å². The Morgan fingerprint density at radius 2 is 1.92 bits per heavy atom. The van der Waals surface area contributed by atoms with Gasteiger partial charge in [0.1, 0.15) is 11.8 Å². The van der Waals surface area contributed by atoms with E-state index in [2.05, 4.69) is 60.9 Å². The average molecular weight is 486 g/mol. The predicted molar refractivity (Wildman–Crippen MR) is 136 cm³/mol. The summed E-state index contributed by atoms with van der Waals surface area (Å²) in [5, 5.41) is 16.7. The lowest BCUT2D eigenvalue weighted by Gasteiger charge is -2.38. The van der Waals surface area contributed by atoms with Crippen LogP contribution in [-0.2, 0) is 11.3 Å². The normalized spacial score (nSPS) is 19.2. The van der Waals surface area contributed by atoms with E-state index in [0.717, 1.165) is 79.8 Å². The number of fused-ring (bicyclic) bond motifs is 1. The number of rotatable bonds is 7. The summed E-state index contributed by atoms with van der Waals surface area (Å²) in [4.78, 5) is 6.98. The van der Waals surface area contributed by atoms with Crippen LogP contribution in [0.15, 0.2) is 42.9 Å². The molecule has 0 atom stereocenters. The average Bonchev–Trinajstić information content (AvgIpc) is 3.47. The number of nitrogens with zero attached hydrogens (tertiary/aromatic N) is 7. The summed E-state index contributed by atoms with van der Waals surface area (Å²) < 4.78 is 9.49. The van der Waals surface area contributed by atoms with Crippen LogP contribution in [0.2, 0.25) is 0 Å². The van der Waals surface area contributed by atoms with Gasteiger partial charge in [-0.3, -0.25) is 4.90 Å². The molecular formula is C26H31N9O. The minimum absolute atomic E-state index is 0.248. The highest BCUT2D eigenvalue weighted by molar-refractivity contribution is 5.90. The fraction of sp³-hybridized carbons (Fsp3) is 0.462. The number of hydrogen-bond donors (Lipinski definition) is 2. The topological polar surface area (TPSA) is 111 Å². The van der Waals surface area contributed by atoms with Gasteiger partial charge in [0.25, 0.3) is 0 Å². The van der Waals surface area contributed by atoms with Crippen LogP contribution in [0, 0.1) is 0 Å². The molecule has 1 aliphatic carbocycles. The van der Waals surface area contributed by atoms with E-state index in [0.29, 0.717) is 11.9 Å². The summed E-state index contributed by atoms with van der Waals surface area (Å²) in [6.45, 7) is 4.62. The van der Waals surface area contributed by atoms with Crippen molar-refractivity contribution in [3.05, 3.63) is 48.4 Å². The van der Waals surface area contributed by atoms with Crippen molar-refractivity contribution in [1.82, 2.24) is 39.8 Å². The Labute approximate surface area is 209 Å². The second-order valence-corrected chi connectivity index (χ2v) is 10.2. The van der Waals surface area contributed by atoms with Gasteiger partial charge in [-0.05, 0) is 43.4 Å². The summed E-state index contributed by atoms with van der Waals surface area (Å²) in [7, 11) is 0. The molecule has 10 heteroatoms. The Morgan fingerprint density at radius 3 is 2.69 bits per heavy atom. The minimum atomic E-state index is 0.248. The summed E-state index contributed by atoms with van der Waals surface area (Å²) in [5.74, 6) is 0.444. The number of benzene rings is 1. The zero-order chi connectivity index (χ0) is 24.1. The van der Waals surface area contributed by atoms with Crippen molar-refractivity contribution in [2.45, 2.75) is 50.4 Å². The number of hydrogen-bond acceptors (Lipinski definition) is 8. The smallest absolute Gasteiger partial charge is 0.152 e. The van der Waals surface area contributed by atoms with Crippen molar-refractivity contribution in [2.75, 3.05) is 32.0 Å². The van der Waals surface area contributed by atoms with E-state index in [1.165, 1.54) is 24.7 Å². The summed E-state index contributed by atoms with van der Waals surface area (Å²) in [6, 6.07) is 12.6. The molecule has 36 heavy (non-hydrogen) atoms. The first-order valence-corrected chi connectivity index (χ1v) is 12.9. The van der Waals surface area contributed by atoms with E-state index in [9.17, 15) is 0 Å². The number of ether oxygens (including phenoxy) is 1. The fourth-order valence-electron chi connectivity index (χ4n) is 5.62. The van der Waals surface area contributed by atoms with Crippen LogP contribution in [-0.4, -0.2) is 72.9 Å². The lowest BCUT2D eigenvalue weighted by Crippen LogP contribution is -2.57. The third-order valence-electron chi connectivity index (χ3n) is 7.80. The van der Waals surface area contributed by atoms with Gasteiger partial charge < -0.3 is 15.8 Å². The molecule has 0 unspecified atom stereocenters. The van der Waals surface area contributed by atoms with Crippen molar-refractivity contribution in [1.29, 1.82) is 0 Å². The highest BCUT2D eigenvalue weighted by atomic mass is 16.5. The zero-order valence-electron chi connectivity index (χ0n) is 20.3. The van der Waals surface area contributed by atoms with Crippen LogP contribution in [0.5, 0.6) is 0 Å². The van der Waals surface area contributed by atoms with Gasteiger partial charge in [0.15, 0.2) is 5.82 Å². The number of anilines is 1. The molecule has 1 aromatic carbocycles. The molecule has 2 aliphatic heterocycles. The molecule has 2 saturated heterocycles. The summed E-state index contributed by atoms with van der Waals surface area (Å²) in [6.07, 6.45) is 7.79. The molecule has 4 aromatic rings. The first kappa shape index (κ1) is 21.9. The SMILES string of the molecule is Nc1ncnn2c(-c3cccc(CN(C4CC4)C4CNC4)c3)cc(-c3cnnn3C3CCOCC3)c12. The van der Waals surface area contributed by atoms with Crippen molar-refractivity contribution in [2.24, 2.45) is 0 Å². The molecule has 3 aromatic heterocycles. The molecule has 3 aliphatic rings. The number of nitrogens with one attached hydrogen (secondary N) is 1. The standard InChI is InChI=1S/C26H31N9O/c27-26-25-22(24-14-30-32-34(24)20-6-8-36-9-7-20)11-23(35(25)31-16-29-26)18-3-1-2-17(10-18)15-33(19-4-5-19)21-12-28-13-21/h1-3,10-11,14,16,19-21,28H,4-9,12-13,15H2,(H2,27,29,31). The molecule has 5 heterocycles. The van der Waals surface area contributed by atoms with Gasteiger partial charge in [-0.25, -0.2) is 14.2 Å². The summed E-state index contributed by atoms with van der Waals surface area (Å²) in [5.41, 5.74) is 12.5. The predicted octanol–water partition coefficient (Wildman–Crippen LogP) is 2.52. The molecule has 0 radical (unpaired) electrons. The van der Waals surface area contributed by atoms with E-state index in [1.54, 1.807) is 0 Å². The van der Waals surface area contributed by atoms with Crippen LogP contribution in [0.4, 0.5) is 5.82 Å². The van der Waals surface area contributed by atoms with Gasteiger partial charge in [-0.2, -0.15) is 5.10 Å². The third-order valence-corrected chi connectivity index (χ3v) is 7.80. The first-order valence-electron chi connectivity index (χ1n) is 12.9. The maximum absolute atomic E-state index is 6.42. The van der Waals surface area contributed by atoms with E-state index in [1.807, 2.05) is 15.4 Å². The Kier molecular flexibility index (Phi) is 5.45. The number of aromatic nitrogens is 6. The van der Waals surface area contributed by atoms with Gasteiger partial charge in [-0.1, -0.05) is 23.4 Å². The molecule has 3 N–H and O–H groups in total. The van der Waals surface area contributed by atoms with Gasteiger partial charge in [0.2, 0.25) is 0 Å². The van der Waals surface area contributed by atoms with E-state index in [-0.39, 0.29) is 6.04 Å². The second kappa shape index (κ2) is 8.95. The molecule has 10 nitrogen and oxygen atoms in total. The molecule has 1 saturated carbocycles. The quantitative estimate of drug-likeness (QED) is 0.411. The van der Waals surface area contributed by atoms with Crippen LogP contribution in [0.1, 0.15) is 37.3 Å². The lowest BCUT2D eigenvalue weighted by atomic mass is 10.0. The van der Waals surface area contributed by atoms with Gasteiger partial charge in [0.05, 0.1) is 23.6 Å². The van der Waals surface area contributed by atoms with Crippen molar-refractivity contribution >= 4 is 11.3 Å². The molecular weight excluding hydrogens is 454 g/mol. The summed E-state index contributed by atoms with van der Waals surface area (Å²) >= 11 is 0. The highest BCUT2D eigenvalue weighted by Gasteiger charge is 2.36. The second-order valence-electron chi connectivity index (χ2n) is 10.2. The Bertz CT molecular complexity index is 1380. The fourth-order valence-corrected chi connectivity index (χ4v) is 5.62. The monoisotopic (exact) mass is 485 g/mol. The van der Waals surface area contributed by atoms with Gasteiger partial charge >= 0.3 is 0 Å². The molecule has 0 bridgehead atoms. The molecule has 3 fully saturated rings. The largest absolute Gasteiger partial charge is 0.382 e. The van der Waals surface area contributed by atoms with Crippen molar-refractivity contribution in [3.63, 3.8) is 0 Å². The van der Waals surface area contributed by atoms with Crippen molar-refractivity contribution < 1.29 is 4.74 Å². The van der Waals surface area contributed by atoms with Crippen LogP contribution >= 0.6 is 0 Å². The van der Waals surface area contributed by atoms with E-state index >= 15 is 0 Å². The van der Waals surface area contributed by atoms with Crippen LogP contribution in [0.25, 0.3) is 28.0 Å². The van der Waals surface area contributed by atoms with Gasteiger partial charge in [0, 0.05) is 56.1 Å². The molecule has 0 spiro atoms. The van der Waals surface area contributed by atoms with Crippen LogP contribution < -0.4 is 11.1 Å². The Hall–Kier alpha value is -3.34. The van der Waals surface area contributed by atoms with Crippen molar-refractivity contribution in [3.8, 4) is 22.5 Å². The van der Waals surface area contributed by atoms with E-state index in [4.69, 9.17) is 10.5 Å². The molecule has 186 valence electrons. The third kappa shape index (κ3) is 3.85. The lowest BCUT2D eigenvalue weighted by molar-refractivity contribution is 0.0662. The minimum Gasteiger partial charge on any atom is -0.382 e. The van der Waals surface area contributed by atoms with Crippen LogP contribution in [0.3, 0.4) is 0 Å². The Balaban J connectivity index is 1.29. The van der Waals surface area contributed by atoms with Gasteiger partial charge in [-0.15, -0.1) is 5.10 Å². The molecule has 0 amide bonds. The first-order chi connectivity index (χ1) is 17.8. The Morgan fingerprint density at radius 1 is 1.06 bits per heavy atom. The zero-order valence-corrected chi connectivity index (χ0v) is 20.3. The maximum Gasteiger partial charge on any atom is 0.152 e. The molecule has 7 rings (SSSR count). The number of nitrogens with two attached hydrogens (primary N) is 1. The number of nitrogen functional groups attached to an aromatic ring is 1. The maximum atomic E-state index is 6.42.